The summed E-state index contributed by atoms with van der Waals surface area (Å²) in [5.74, 6) is 1.15. The van der Waals surface area contributed by atoms with Crippen LogP contribution in [0.2, 0.25) is 0 Å². The van der Waals surface area contributed by atoms with Crippen molar-refractivity contribution in [1.29, 1.82) is 0 Å². The minimum absolute atomic E-state index is 0.0514. The fourth-order valence-corrected chi connectivity index (χ4v) is 2.64. The molecule has 1 fully saturated rings. The molecule has 1 aromatic carbocycles. The van der Waals surface area contributed by atoms with E-state index in [2.05, 4.69) is 5.32 Å². The maximum atomic E-state index is 12.1. The van der Waals surface area contributed by atoms with Crippen LogP contribution < -0.4 is 10.1 Å². The van der Waals surface area contributed by atoms with Gasteiger partial charge in [-0.3, -0.25) is 9.69 Å². The van der Waals surface area contributed by atoms with E-state index in [9.17, 15) is 9.90 Å². The number of hydrogen-bond acceptors (Lipinski definition) is 4. The van der Waals surface area contributed by atoms with Crippen LogP contribution in [0, 0.1) is 5.92 Å². The highest BCUT2D eigenvalue weighted by molar-refractivity contribution is 5.93. The number of benzene rings is 1. The van der Waals surface area contributed by atoms with Gasteiger partial charge < -0.3 is 15.2 Å². The van der Waals surface area contributed by atoms with Gasteiger partial charge in [-0.15, -0.1) is 0 Å². The molecule has 2 rings (SSSR count). The molecule has 0 saturated heterocycles. The lowest BCUT2D eigenvalue weighted by atomic mass is 9.82. The molecule has 5 nitrogen and oxygen atoms in total. The first-order valence-corrected chi connectivity index (χ1v) is 7.46. The number of nitrogens with zero attached hydrogens (tertiary/aromatic N) is 1. The summed E-state index contributed by atoms with van der Waals surface area (Å²) in [6.07, 6.45) is 1.55. The predicted molar refractivity (Wildman–Crippen MR) is 82.5 cm³/mol. The molecule has 0 aromatic heterocycles. The predicted octanol–water partition coefficient (Wildman–Crippen LogP) is 1.73. The van der Waals surface area contributed by atoms with E-state index in [1.54, 1.807) is 0 Å². The highest BCUT2D eigenvalue weighted by atomic mass is 16.5. The maximum absolute atomic E-state index is 12.1. The van der Waals surface area contributed by atoms with Crippen molar-refractivity contribution in [2.45, 2.75) is 25.9 Å². The smallest absolute Gasteiger partial charge is 0.238 e. The summed E-state index contributed by atoms with van der Waals surface area (Å²) in [6, 6.07) is 7.44. The number of carbonyl (C=O) groups is 1. The summed E-state index contributed by atoms with van der Waals surface area (Å²) in [5.41, 5.74) is 0.705. The number of hydrogen-bond donors (Lipinski definition) is 2. The van der Waals surface area contributed by atoms with Gasteiger partial charge in [0.05, 0.1) is 24.9 Å². The summed E-state index contributed by atoms with van der Waals surface area (Å²) in [4.78, 5) is 14.1. The molecule has 0 radical (unpaired) electrons. The third-order valence-corrected chi connectivity index (χ3v) is 3.66. The number of aliphatic hydroxyl groups excluding tert-OH is 1. The molecule has 21 heavy (non-hydrogen) atoms. The van der Waals surface area contributed by atoms with Crippen LogP contribution >= 0.6 is 0 Å². The molecule has 0 bridgehead atoms. The second kappa shape index (κ2) is 7.43. The first-order valence-electron chi connectivity index (χ1n) is 7.46. The maximum Gasteiger partial charge on any atom is 0.238 e. The van der Waals surface area contributed by atoms with Gasteiger partial charge in [0.1, 0.15) is 5.75 Å². The summed E-state index contributed by atoms with van der Waals surface area (Å²) < 4.78 is 5.49. The zero-order chi connectivity index (χ0) is 15.2. The molecule has 1 aromatic rings. The van der Waals surface area contributed by atoms with Crippen molar-refractivity contribution < 1.29 is 14.6 Å². The average Bonchev–Trinajstić information content (AvgIpc) is 2.39. The van der Waals surface area contributed by atoms with Crippen LogP contribution in [0.3, 0.4) is 0 Å². The fourth-order valence-electron chi connectivity index (χ4n) is 2.64. The highest BCUT2D eigenvalue weighted by Crippen LogP contribution is 2.27. The molecule has 1 aliphatic rings. The Morgan fingerprint density at radius 1 is 1.43 bits per heavy atom. The van der Waals surface area contributed by atoms with E-state index < -0.39 is 0 Å². The second-order valence-electron chi connectivity index (χ2n) is 5.67. The van der Waals surface area contributed by atoms with E-state index in [0.29, 0.717) is 30.5 Å². The van der Waals surface area contributed by atoms with Crippen molar-refractivity contribution in [3.8, 4) is 5.75 Å². The zero-order valence-corrected chi connectivity index (χ0v) is 12.7. The van der Waals surface area contributed by atoms with Gasteiger partial charge in [-0.2, -0.15) is 0 Å². The zero-order valence-electron chi connectivity index (χ0n) is 12.7. The molecule has 0 atom stereocenters. The number of para-hydroxylation sites is 2. The van der Waals surface area contributed by atoms with E-state index in [4.69, 9.17) is 4.74 Å². The average molecular weight is 292 g/mol. The Morgan fingerprint density at radius 3 is 2.81 bits per heavy atom. The Kier molecular flexibility index (Phi) is 5.59. The molecule has 2 N–H and O–H groups in total. The number of aliphatic hydroxyl groups is 1. The molecule has 5 heteroatoms. The molecule has 1 aliphatic carbocycles. The summed E-state index contributed by atoms with van der Waals surface area (Å²) >= 11 is 0. The van der Waals surface area contributed by atoms with E-state index in [0.717, 1.165) is 19.4 Å². The summed E-state index contributed by atoms with van der Waals surface area (Å²) in [5, 5.41) is 12.2. The van der Waals surface area contributed by atoms with Crippen LogP contribution in [0.4, 0.5) is 5.69 Å². The third kappa shape index (κ3) is 4.72. The van der Waals surface area contributed by atoms with Gasteiger partial charge in [0.25, 0.3) is 0 Å². The molecular formula is C16H24N2O3. The first-order chi connectivity index (χ1) is 10.1. The lowest BCUT2D eigenvalue weighted by molar-refractivity contribution is -0.117. The summed E-state index contributed by atoms with van der Waals surface area (Å²) in [6.45, 7) is 3.67. The molecule has 0 heterocycles. The molecule has 1 saturated carbocycles. The SMILES string of the molecule is CCOc1ccccc1NC(=O)CN(C)CC1CC(O)C1. The largest absolute Gasteiger partial charge is 0.492 e. The van der Waals surface area contributed by atoms with Crippen LogP contribution in [-0.2, 0) is 4.79 Å². The Labute approximate surface area is 125 Å². The van der Waals surface area contributed by atoms with Crippen molar-refractivity contribution in [1.82, 2.24) is 4.90 Å². The van der Waals surface area contributed by atoms with Crippen LogP contribution in [-0.4, -0.2) is 48.8 Å². The quantitative estimate of drug-likeness (QED) is 0.803. The van der Waals surface area contributed by atoms with E-state index >= 15 is 0 Å². The van der Waals surface area contributed by atoms with Crippen molar-refractivity contribution in [2.75, 3.05) is 32.1 Å². The van der Waals surface area contributed by atoms with E-state index in [1.807, 2.05) is 43.1 Å². The topological polar surface area (TPSA) is 61.8 Å². The number of likely N-dealkylation sites (N-methyl/N-ethyl adjacent to an activating group) is 1. The second-order valence-corrected chi connectivity index (χ2v) is 5.67. The first kappa shape index (κ1) is 15.8. The van der Waals surface area contributed by atoms with Gasteiger partial charge in [-0.1, -0.05) is 12.1 Å². The van der Waals surface area contributed by atoms with Gasteiger partial charge in [0.2, 0.25) is 5.91 Å². The number of rotatable bonds is 7. The molecule has 0 spiro atoms. The van der Waals surface area contributed by atoms with Crippen LogP contribution in [0.5, 0.6) is 5.75 Å². The Bertz CT molecular complexity index is 472. The van der Waals surface area contributed by atoms with E-state index in [-0.39, 0.29) is 12.0 Å². The molecule has 1 amide bonds. The monoisotopic (exact) mass is 292 g/mol. The molecular weight excluding hydrogens is 268 g/mol. The third-order valence-electron chi connectivity index (χ3n) is 3.66. The van der Waals surface area contributed by atoms with Crippen LogP contribution in [0.1, 0.15) is 19.8 Å². The van der Waals surface area contributed by atoms with Crippen molar-refractivity contribution in [3.63, 3.8) is 0 Å². The summed E-state index contributed by atoms with van der Waals surface area (Å²) in [7, 11) is 1.93. The van der Waals surface area contributed by atoms with Crippen LogP contribution in [0.15, 0.2) is 24.3 Å². The molecule has 0 unspecified atom stereocenters. The normalized spacial score (nSPS) is 21.0. The Balaban J connectivity index is 1.81. The minimum atomic E-state index is -0.143. The lowest BCUT2D eigenvalue weighted by Crippen LogP contribution is -2.39. The molecule has 0 aliphatic heterocycles. The number of nitrogens with one attached hydrogen (secondary N) is 1. The van der Waals surface area contributed by atoms with Gasteiger partial charge in [-0.05, 0) is 44.9 Å². The Morgan fingerprint density at radius 2 is 2.14 bits per heavy atom. The standard InChI is InChI=1S/C16H24N2O3/c1-3-21-15-7-5-4-6-14(15)17-16(20)11-18(2)10-12-8-13(19)9-12/h4-7,12-13,19H,3,8-11H2,1-2H3,(H,17,20). The number of anilines is 1. The Hall–Kier alpha value is -1.59. The highest BCUT2D eigenvalue weighted by Gasteiger charge is 2.28. The van der Waals surface area contributed by atoms with Crippen molar-refractivity contribution in [2.24, 2.45) is 5.92 Å². The van der Waals surface area contributed by atoms with Crippen molar-refractivity contribution in [3.05, 3.63) is 24.3 Å². The van der Waals surface area contributed by atoms with Gasteiger partial charge >= 0.3 is 0 Å². The number of carbonyl (C=O) groups excluding carboxylic acids is 1. The molecule has 116 valence electrons. The van der Waals surface area contributed by atoms with Gasteiger partial charge in [0, 0.05) is 6.54 Å². The van der Waals surface area contributed by atoms with Gasteiger partial charge in [0.15, 0.2) is 0 Å². The lowest BCUT2D eigenvalue weighted by Gasteiger charge is -2.34. The number of amides is 1. The number of ether oxygens (including phenoxy) is 1. The minimum Gasteiger partial charge on any atom is -0.492 e. The van der Waals surface area contributed by atoms with Crippen LogP contribution in [0.25, 0.3) is 0 Å². The van der Waals surface area contributed by atoms with E-state index in [1.165, 1.54) is 0 Å². The van der Waals surface area contributed by atoms with Crippen molar-refractivity contribution >= 4 is 11.6 Å². The van der Waals surface area contributed by atoms with Gasteiger partial charge in [-0.25, -0.2) is 0 Å². The fraction of sp³-hybridized carbons (Fsp3) is 0.562.